The van der Waals surface area contributed by atoms with Crippen LogP contribution >= 0.6 is 23.2 Å². The van der Waals surface area contributed by atoms with Gasteiger partial charge in [-0.25, -0.2) is 4.99 Å². The van der Waals surface area contributed by atoms with Crippen LogP contribution in [0.1, 0.15) is 61.0 Å². The van der Waals surface area contributed by atoms with Gasteiger partial charge in [-0.2, -0.15) is 0 Å². The van der Waals surface area contributed by atoms with E-state index in [0.717, 1.165) is 30.4 Å². The minimum atomic E-state index is -1.44. The van der Waals surface area contributed by atoms with Gasteiger partial charge in [0.05, 0.1) is 13.2 Å². The summed E-state index contributed by atoms with van der Waals surface area (Å²) in [6, 6.07) is 19.8. The highest BCUT2D eigenvalue weighted by Gasteiger charge is 2.54. The predicted molar refractivity (Wildman–Crippen MR) is 169 cm³/mol. The number of hydrogen-bond donors (Lipinski definition) is 2. The number of benzene rings is 3. The maximum atomic E-state index is 14.3. The fraction of sp³-hybridized carbons (Fsp3) is 0.375. The molecule has 4 rings (SSSR count). The Morgan fingerprint density at radius 1 is 1.12 bits per heavy atom. The molecule has 1 amide bonds. The van der Waals surface area contributed by atoms with Crippen LogP contribution in [-0.4, -0.2) is 42.2 Å². The summed E-state index contributed by atoms with van der Waals surface area (Å²) in [4.78, 5) is 22.3. The van der Waals surface area contributed by atoms with E-state index in [-0.39, 0.29) is 31.4 Å². The molecule has 0 unspecified atom stereocenters. The van der Waals surface area contributed by atoms with Gasteiger partial charge < -0.3 is 19.9 Å². The number of nitrogens with zero attached hydrogens (tertiary/aromatic N) is 4. The molecule has 1 heterocycles. The van der Waals surface area contributed by atoms with E-state index in [9.17, 15) is 4.79 Å². The zero-order valence-electron chi connectivity index (χ0n) is 24.0. The number of ether oxygens (including phenoxy) is 2. The van der Waals surface area contributed by atoms with Crippen LogP contribution in [0.3, 0.4) is 0 Å². The van der Waals surface area contributed by atoms with E-state index in [1.165, 1.54) is 0 Å². The molecule has 3 aromatic rings. The fourth-order valence-corrected chi connectivity index (χ4v) is 5.49. The normalized spacial score (nSPS) is 17.5. The van der Waals surface area contributed by atoms with Crippen LogP contribution in [0.25, 0.3) is 10.4 Å². The van der Waals surface area contributed by atoms with Gasteiger partial charge in [0.25, 0.3) is 5.91 Å². The summed E-state index contributed by atoms with van der Waals surface area (Å²) in [5, 5.41) is 16.7. The monoisotopic (exact) mass is 623 g/mol. The molecule has 1 aliphatic heterocycles. The van der Waals surface area contributed by atoms with Crippen molar-refractivity contribution in [1.29, 1.82) is 0 Å². The minimum Gasteiger partial charge on any atom is -0.494 e. The molecule has 0 saturated heterocycles. The number of carbonyl (C=O) groups excluding carboxylic acids is 1. The van der Waals surface area contributed by atoms with E-state index in [1.807, 2.05) is 36.4 Å². The topological polar surface area (TPSA) is 129 Å². The van der Waals surface area contributed by atoms with Crippen molar-refractivity contribution in [1.82, 2.24) is 5.32 Å². The number of aliphatic hydroxyl groups excluding tert-OH is 1. The number of nitrogens with one attached hydrogen (secondary N) is 1. The molecule has 0 aliphatic carbocycles. The van der Waals surface area contributed by atoms with Crippen molar-refractivity contribution in [3.05, 3.63) is 109 Å². The number of unbranched alkanes of at least 4 members (excludes halogenated alkanes) is 2. The molecule has 0 fully saturated rings. The van der Waals surface area contributed by atoms with E-state index in [2.05, 4.69) is 22.3 Å². The summed E-state index contributed by atoms with van der Waals surface area (Å²) >= 11 is 13.0. The molecular formula is C32H35Cl2N5O4. The second-order valence-corrected chi connectivity index (χ2v) is 11.1. The first kappa shape index (κ1) is 32.2. The smallest absolute Gasteiger partial charge is 0.252 e. The van der Waals surface area contributed by atoms with Crippen molar-refractivity contribution >= 4 is 35.0 Å². The van der Waals surface area contributed by atoms with Crippen molar-refractivity contribution in [2.45, 2.75) is 57.2 Å². The van der Waals surface area contributed by atoms with Crippen LogP contribution in [0.4, 0.5) is 0 Å². The Balaban J connectivity index is 1.82. The number of rotatable bonds is 15. The summed E-state index contributed by atoms with van der Waals surface area (Å²) in [6.07, 6.45) is 2.63. The lowest BCUT2D eigenvalue weighted by Gasteiger charge is -2.32. The van der Waals surface area contributed by atoms with Crippen LogP contribution in [0.5, 0.6) is 5.75 Å². The number of aliphatic hydroxyl groups is 1. The Labute approximate surface area is 261 Å². The van der Waals surface area contributed by atoms with Crippen LogP contribution in [0.15, 0.2) is 76.8 Å². The quantitative estimate of drug-likeness (QED) is 0.0792. The number of aliphatic imine (C=N–C) groups is 1. The zero-order valence-corrected chi connectivity index (χ0v) is 25.5. The number of halogens is 2. The molecule has 2 N–H and O–H groups in total. The summed E-state index contributed by atoms with van der Waals surface area (Å²) in [5.41, 5.74) is 10.4. The van der Waals surface area contributed by atoms with E-state index < -0.39 is 11.6 Å². The average molecular weight is 625 g/mol. The third-order valence-electron chi connectivity index (χ3n) is 7.22. The SMILES string of the molecule is CCCCCNC(=O)[C@]1(Cc2ccccc2CN=[N+]=[N-])N=C(c2ccc(OCCCO)cc2)O[C@@H]1c1ccc(Cl)cc1Cl. The maximum Gasteiger partial charge on any atom is 0.252 e. The molecule has 3 aromatic carbocycles. The number of hydrogen-bond acceptors (Lipinski definition) is 6. The minimum absolute atomic E-state index is 0.0476. The molecule has 0 bridgehead atoms. The third-order valence-corrected chi connectivity index (χ3v) is 7.79. The Hall–Kier alpha value is -3.75. The predicted octanol–water partition coefficient (Wildman–Crippen LogP) is 7.37. The van der Waals surface area contributed by atoms with Gasteiger partial charge in [0.2, 0.25) is 5.90 Å². The van der Waals surface area contributed by atoms with Crippen molar-refractivity contribution in [3.8, 4) is 5.75 Å². The number of azide groups is 1. The van der Waals surface area contributed by atoms with Crippen LogP contribution in [-0.2, 0) is 22.5 Å². The van der Waals surface area contributed by atoms with Crippen molar-refractivity contribution < 1.29 is 19.4 Å². The number of amides is 1. The fourth-order valence-electron chi connectivity index (χ4n) is 4.99. The first-order valence-electron chi connectivity index (χ1n) is 14.3. The largest absolute Gasteiger partial charge is 0.494 e. The van der Waals surface area contributed by atoms with Gasteiger partial charge in [0.15, 0.2) is 11.6 Å². The molecular weight excluding hydrogens is 589 g/mol. The lowest BCUT2D eigenvalue weighted by molar-refractivity contribution is -0.128. The molecule has 226 valence electrons. The highest BCUT2D eigenvalue weighted by Crippen LogP contribution is 2.45. The van der Waals surface area contributed by atoms with Gasteiger partial charge >= 0.3 is 0 Å². The molecule has 43 heavy (non-hydrogen) atoms. The summed E-state index contributed by atoms with van der Waals surface area (Å²) < 4.78 is 12.2. The van der Waals surface area contributed by atoms with Gasteiger partial charge in [-0.05, 0) is 59.5 Å². The first-order valence-corrected chi connectivity index (χ1v) is 15.1. The van der Waals surface area contributed by atoms with Crippen molar-refractivity contribution in [2.24, 2.45) is 10.1 Å². The number of carbonyl (C=O) groups is 1. The lowest BCUT2D eigenvalue weighted by Crippen LogP contribution is -2.50. The molecule has 1 aliphatic rings. The van der Waals surface area contributed by atoms with E-state index in [0.29, 0.717) is 46.5 Å². The second kappa shape index (κ2) is 15.6. The van der Waals surface area contributed by atoms with Crippen molar-refractivity contribution in [3.63, 3.8) is 0 Å². The molecule has 11 heteroatoms. The third kappa shape index (κ3) is 8.00. The van der Waals surface area contributed by atoms with Gasteiger partial charge in [-0.3, -0.25) is 4.79 Å². The zero-order chi connectivity index (χ0) is 30.7. The highest BCUT2D eigenvalue weighted by atomic mass is 35.5. The van der Waals surface area contributed by atoms with Gasteiger partial charge in [0, 0.05) is 52.1 Å². The molecule has 0 aromatic heterocycles. The molecule has 0 saturated carbocycles. The first-order chi connectivity index (χ1) is 20.9. The Bertz CT molecular complexity index is 1480. The molecule has 9 nitrogen and oxygen atoms in total. The maximum absolute atomic E-state index is 14.3. The van der Waals surface area contributed by atoms with Gasteiger partial charge in [-0.1, -0.05) is 78.4 Å². The van der Waals surface area contributed by atoms with Crippen LogP contribution in [0, 0.1) is 0 Å². The molecule has 0 radical (unpaired) electrons. The Morgan fingerprint density at radius 3 is 2.58 bits per heavy atom. The molecule has 0 spiro atoms. The van der Waals surface area contributed by atoms with Crippen LogP contribution < -0.4 is 10.1 Å². The van der Waals surface area contributed by atoms with Gasteiger partial charge in [0.1, 0.15) is 5.75 Å². The molecule has 2 atom stereocenters. The summed E-state index contributed by atoms with van der Waals surface area (Å²) in [5.74, 6) is 0.631. The summed E-state index contributed by atoms with van der Waals surface area (Å²) in [7, 11) is 0. The average Bonchev–Trinajstić information content (AvgIpc) is 3.39. The Morgan fingerprint density at radius 2 is 1.88 bits per heavy atom. The summed E-state index contributed by atoms with van der Waals surface area (Å²) in [6.45, 7) is 3.16. The van der Waals surface area contributed by atoms with E-state index in [4.69, 9.17) is 48.3 Å². The van der Waals surface area contributed by atoms with Crippen LogP contribution in [0.2, 0.25) is 10.0 Å². The second-order valence-electron chi connectivity index (χ2n) is 10.3. The van der Waals surface area contributed by atoms with E-state index >= 15 is 0 Å². The van der Waals surface area contributed by atoms with E-state index in [1.54, 1.807) is 30.3 Å². The lowest BCUT2D eigenvalue weighted by atomic mass is 9.80. The highest BCUT2D eigenvalue weighted by molar-refractivity contribution is 6.35. The Kier molecular flexibility index (Phi) is 11.7. The van der Waals surface area contributed by atoms with Gasteiger partial charge in [-0.15, -0.1) is 0 Å². The standard InChI is InChI=1S/C32H35Cl2N5O4/c1-2-3-6-16-36-31(41)32(20-23-8-4-5-9-24(23)21-37-39-35)29(27-15-12-25(33)19-28(27)34)43-30(38-32)22-10-13-26(14-11-22)42-18-7-17-40/h4-5,8-15,19,29,40H,2-3,6-7,16-18,20-21H2,1H3,(H,36,41)/t29-,32-/m1/s1. The van der Waals surface area contributed by atoms with Crippen molar-refractivity contribution in [2.75, 3.05) is 19.8 Å².